The summed E-state index contributed by atoms with van der Waals surface area (Å²) >= 11 is 1.96. The fraction of sp³-hybridized carbons (Fsp3) is 0.818. The van der Waals surface area contributed by atoms with Crippen LogP contribution < -0.4 is 11.1 Å². The number of hydrogen-bond donors (Lipinski definition) is 3. The van der Waals surface area contributed by atoms with Crippen molar-refractivity contribution < 1.29 is 10.0 Å². The number of carbonyl (C=O) groups is 1. The van der Waals surface area contributed by atoms with Crippen LogP contribution in [0.4, 0.5) is 0 Å². The Bertz CT molecular complexity index is 299. The molecule has 1 fully saturated rings. The van der Waals surface area contributed by atoms with Crippen LogP contribution >= 0.6 is 11.8 Å². The van der Waals surface area contributed by atoms with E-state index in [2.05, 4.69) is 10.5 Å². The summed E-state index contributed by atoms with van der Waals surface area (Å²) < 4.78 is 0. The van der Waals surface area contributed by atoms with Crippen molar-refractivity contribution in [3.05, 3.63) is 0 Å². The highest BCUT2D eigenvalue weighted by Crippen LogP contribution is 2.22. The third kappa shape index (κ3) is 3.80. The quantitative estimate of drug-likeness (QED) is 0.304. The summed E-state index contributed by atoms with van der Waals surface area (Å²) in [6.45, 7) is 3.98. The lowest BCUT2D eigenvalue weighted by atomic mass is 9.90. The SMILES string of the molecule is CC(C)(C(=O)NCC1CCSCC1)C(N)=NO. The molecule has 1 rings (SSSR count). The molecule has 1 aliphatic rings. The number of amides is 1. The largest absolute Gasteiger partial charge is 0.409 e. The minimum absolute atomic E-state index is 0.0609. The molecule has 0 spiro atoms. The number of thioether (sulfide) groups is 1. The Kier molecular flexibility index (Phi) is 5.11. The first-order chi connectivity index (χ1) is 7.98. The molecule has 6 heteroatoms. The van der Waals surface area contributed by atoms with Crippen molar-refractivity contribution >= 4 is 23.5 Å². The molecule has 4 N–H and O–H groups in total. The highest BCUT2D eigenvalue weighted by Gasteiger charge is 2.33. The van der Waals surface area contributed by atoms with Gasteiger partial charge in [0, 0.05) is 6.54 Å². The van der Waals surface area contributed by atoms with Gasteiger partial charge >= 0.3 is 0 Å². The number of rotatable bonds is 4. The van der Waals surface area contributed by atoms with Crippen LogP contribution in [-0.2, 0) is 4.79 Å². The van der Waals surface area contributed by atoms with Crippen LogP contribution in [0, 0.1) is 11.3 Å². The van der Waals surface area contributed by atoms with E-state index < -0.39 is 5.41 Å². The number of carbonyl (C=O) groups excluding carboxylic acids is 1. The molecule has 0 saturated carbocycles. The van der Waals surface area contributed by atoms with Crippen molar-refractivity contribution in [2.75, 3.05) is 18.1 Å². The van der Waals surface area contributed by atoms with Crippen molar-refractivity contribution in [2.45, 2.75) is 26.7 Å². The molecule has 5 nitrogen and oxygen atoms in total. The molecule has 1 amide bonds. The second-order valence-electron chi connectivity index (χ2n) is 4.88. The van der Waals surface area contributed by atoms with Gasteiger partial charge in [0.25, 0.3) is 0 Å². The maximum absolute atomic E-state index is 11.9. The van der Waals surface area contributed by atoms with Gasteiger partial charge in [-0.3, -0.25) is 4.79 Å². The third-order valence-electron chi connectivity index (χ3n) is 3.21. The van der Waals surface area contributed by atoms with Gasteiger partial charge in [0.05, 0.1) is 0 Å². The van der Waals surface area contributed by atoms with Crippen LogP contribution in [0.1, 0.15) is 26.7 Å². The topological polar surface area (TPSA) is 87.7 Å². The highest BCUT2D eigenvalue weighted by molar-refractivity contribution is 7.99. The summed E-state index contributed by atoms with van der Waals surface area (Å²) in [5, 5.41) is 14.4. The summed E-state index contributed by atoms with van der Waals surface area (Å²) in [4.78, 5) is 11.9. The first kappa shape index (κ1) is 14.2. The van der Waals surface area contributed by atoms with Crippen LogP contribution in [0.2, 0.25) is 0 Å². The van der Waals surface area contributed by atoms with E-state index in [4.69, 9.17) is 10.9 Å². The average Bonchev–Trinajstić information content (AvgIpc) is 2.35. The molecule has 0 aromatic heterocycles. The Hall–Kier alpha value is -0.910. The van der Waals surface area contributed by atoms with Gasteiger partial charge in [0.15, 0.2) is 5.84 Å². The summed E-state index contributed by atoms with van der Waals surface area (Å²) in [6.07, 6.45) is 2.30. The molecule has 1 heterocycles. The molecule has 0 aliphatic carbocycles. The van der Waals surface area contributed by atoms with Crippen LogP contribution in [-0.4, -0.2) is 35.0 Å². The number of nitrogens with zero attached hydrogens (tertiary/aromatic N) is 1. The molecule has 0 aromatic carbocycles. The summed E-state index contributed by atoms with van der Waals surface area (Å²) in [6, 6.07) is 0. The first-order valence-electron chi connectivity index (χ1n) is 5.82. The first-order valence-corrected chi connectivity index (χ1v) is 6.98. The smallest absolute Gasteiger partial charge is 0.233 e. The predicted molar refractivity (Wildman–Crippen MR) is 70.2 cm³/mol. The Morgan fingerprint density at radius 1 is 1.53 bits per heavy atom. The molecule has 0 aromatic rings. The van der Waals surface area contributed by atoms with Crippen LogP contribution in [0.3, 0.4) is 0 Å². The number of nitrogens with two attached hydrogens (primary N) is 1. The zero-order valence-electron chi connectivity index (χ0n) is 10.4. The monoisotopic (exact) mass is 259 g/mol. The lowest BCUT2D eigenvalue weighted by Gasteiger charge is -2.25. The van der Waals surface area contributed by atoms with Gasteiger partial charge in [-0.15, -0.1) is 0 Å². The van der Waals surface area contributed by atoms with Gasteiger partial charge in [-0.1, -0.05) is 5.16 Å². The molecule has 0 radical (unpaired) electrons. The third-order valence-corrected chi connectivity index (χ3v) is 4.26. The maximum Gasteiger partial charge on any atom is 0.233 e. The minimum Gasteiger partial charge on any atom is -0.409 e. The molecule has 98 valence electrons. The molecular weight excluding hydrogens is 238 g/mol. The van der Waals surface area contributed by atoms with E-state index in [1.807, 2.05) is 11.8 Å². The molecule has 0 bridgehead atoms. The Labute approximate surface area is 106 Å². The van der Waals surface area contributed by atoms with Crippen molar-refractivity contribution in [2.24, 2.45) is 22.2 Å². The summed E-state index contributed by atoms with van der Waals surface area (Å²) in [5.74, 6) is 2.65. The van der Waals surface area contributed by atoms with Gasteiger partial charge in [-0.2, -0.15) is 11.8 Å². The zero-order chi connectivity index (χ0) is 12.9. The van der Waals surface area contributed by atoms with Gasteiger partial charge in [-0.25, -0.2) is 0 Å². The molecular formula is C11H21N3O2S. The van der Waals surface area contributed by atoms with Gasteiger partial charge in [-0.05, 0) is 44.1 Å². The number of amidine groups is 1. The number of oxime groups is 1. The Morgan fingerprint density at radius 3 is 2.65 bits per heavy atom. The van der Waals surface area contributed by atoms with E-state index in [0.29, 0.717) is 12.5 Å². The lowest BCUT2D eigenvalue weighted by molar-refractivity contribution is -0.126. The highest BCUT2D eigenvalue weighted by atomic mass is 32.2. The summed E-state index contributed by atoms with van der Waals surface area (Å²) in [5.41, 5.74) is 4.54. The number of hydrogen-bond acceptors (Lipinski definition) is 4. The van der Waals surface area contributed by atoms with Crippen molar-refractivity contribution in [1.82, 2.24) is 5.32 Å². The molecule has 1 saturated heterocycles. The normalized spacial score (nSPS) is 19.1. The van der Waals surface area contributed by atoms with Crippen LogP contribution in [0.5, 0.6) is 0 Å². The molecule has 17 heavy (non-hydrogen) atoms. The van der Waals surface area contributed by atoms with Gasteiger partial charge in [0.2, 0.25) is 5.91 Å². The Balaban J connectivity index is 2.43. The fourth-order valence-corrected chi connectivity index (χ4v) is 2.85. The van der Waals surface area contributed by atoms with E-state index in [9.17, 15) is 4.79 Å². The molecule has 0 atom stereocenters. The lowest BCUT2D eigenvalue weighted by Crippen LogP contribution is -2.47. The van der Waals surface area contributed by atoms with E-state index in [1.54, 1.807) is 13.8 Å². The Morgan fingerprint density at radius 2 is 2.12 bits per heavy atom. The number of nitrogens with one attached hydrogen (secondary N) is 1. The minimum atomic E-state index is -0.960. The second-order valence-corrected chi connectivity index (χ2v) is 6.10. The van der Waals surface area contributed by atoms with Crippen molar-refractivity contribution in [3.63, 3.8) is 0 Å². The maximum atomic E-state index is 11.9. The van der Waals surface area contributed by atoms with E-state index in [-0.39, 0.29) is 11.7 Å². The van der Waals surface area contributed by atoms with E-state index in [0.717, 1.165) is 12.8 Å². The van der Waals surface area contributed by atoms with Gasteiger partial charge in [0.1, 0.15) is 5.41 Å². The van der Waals surface area contributed by atoms with Crippen LogP contribution in [0.25, 0.3) is 0 Å². The average molecular weight is 259 g/mol. The van der Waals surface area contributed by atoms with Gasteiger partial charge < -0.3 is 16.3 Å². The van der Waals surface area contributed by atoms with Crippen LogP contribution in [0.15, 0.2) is 5.16 Å². The molecule has 0 unspecified atom stereocenters. The second kappa shape index (κ2) is 6.14. The van der Waals surface area contributed by atoms with Crippen molar-refractivity contribution in [3.8, 4) is 0 Å². The van der Waals surface area contributed by atoms with Crippen molar-refractivity contribution in [1.29, 1.82) is 0 Å². The van der Waals surface area contributed by atoms with E-state index in [1.165, 1.54) is 11.5 Å². The fourth-order valence-electron chi connectivity index (χ4n) is 1.65. The zero-order valence-corrected chi connectivity index (χ0v) is 11.2. The summed E-state index contributed by atoms with van der Waals surface area (Å²) in [7, 11) is 0. The molecule has 1 aliphatic heterocycles. The standard InChI is InChI=1S/C11H21N3O2S/c1-11(2,9(12)14-16)10(15)13-7-8-3-5-17-6-4-8/h8,16H,3-7H2,1-2H3,(H2,12,14)(H,13,15). The van der Waals surface area contributed by atoms with E-state index >= 15 is 0 Å². The predicted octanol–water partition coefficient (Wildman–Crippen LogP) is 1.02.